The molecule has 0 bridgehead atoms. The lowest BCUT2D eigenvalue weighted by Crippen LogP contribution is -2.54. The summed E-state index contributed by atoms with van der Waals surface area (Å²) in [4.78, 5) is 0. The summed E-state index contributed by atoms with van der Waals surface area (Å²) in [6.07, 6.45) is -5.83. The van der Waals surface area contributed by atoms with E-state index in [0.29, 0.717) is 6.42 Å². The first kappa shape index (κ1) is 23.0. The van der Waals surface area contributed by atoms with E-state index in [2.05, 4.69) is 0 Å². The van der Waals surface area contributed by atoms with Crippen molar-refractivity contribution in [3.8, 4) is 0 Å². The number of aliphatic hydroxyl groups excluding tert-OH is 4. The monoisotopic (exact) mass is 392 g/mol. The van der Waals surface area contributed by atoms with E-state index >= 15 is 0 Å². The van der Waals surface area contributed by atoms with Crippen LogP contribution in [0.5, 0.6) is 0 Å². The number of hydrogen-bond donors (Lipinski definition) is 4. The van der Waals surface area contributed by atoms with Crippen molar-refractivity contribution in [2.24, 2.45) is 5.92 Å². The number of hydrogen-bond acceptors (Lipinski definition) is 8. The van der Waals surface area contributed by atoms with Crippen LogP contribution in [0.15, 0.2) is 0 Å². The molecule has 10 unspecified atom stereocenters. The summed E-state index contributed by atoms with van der Waals surface area (Å²) >= 11 is 0. The van der Waals surface area contributed by atoms with Gasteiger partial charge in [-0.05, 0) is 26.2 Å². The van der Waals surface area contributed by atoms with Crippen molar-refractivity contribution < 1.29 is 39.4 Å². The molecule has 8 nitrogen and oxygen atoms in total. The molecule has 0 spiro atoms. The van der Waals surface area contributed by atoms with Crippen molar-refractivity contribution >= 4 is 0 Å². The third-order valence-electron chi connectivity index (χ3n) is 5.39. The van der Waals surface area contributed by atoms with Crippen LogP contribution in [0.1, 0.15) is 53.9 Å². The first-order chi connectivity index (χ1) is 12.6. The van der Waals surface area contributed by atoms with Gasteiger partial charge in [-0.15, -0.1) is 0 Å². The van der Waals surface area contributed by atoms with E-state index < -0.39 is 55.3 Å². The Morgan fingerprint density at radius 1 is 0.963 bits per heavy atom. The molecule has 0 saturated carbocycles. The summed E-state index contributed by atoms with van der Waals surface area (Å²) in [6.45, 7) is 9.28. The normalized spacial score (nSPS) is 42.9. The predicted molar refractivity (Wildman–Crippen MR) is 96.8 cm³/mol. The summed E-state index contributed by atoms with van der Waals surface area (Å²) in [6, 6.07) is 0. The molecule has 2 aliphatic rings. The Bertz CT molecular complexity index is 423. The Balaban J connectivity index is 1.93. The number of rotatable bonds is 7. The zero-order valence-corrected chi connectivity index (χ0v) is 16.9. The van der Waals surface area contributed by atoms with E-state index in [1.54, 1.807) is 13.8 Å². The van der Waals surface area contributed by atoms with E-state index in [-0.39, 0.29) is 24.9 Å². The molecule has 2 fully saturated rings. The molecule has 27 heavy (non-hydrogen) atoms. The van der Waals surface area contributed by atoms with Crippen LogP contribution in [0.2, 0.25) is 0 Å². The quantitative estimate of drug-likeness (QED) is 0.496. The van der Waals surface area contributed by atoms with Crippen molar-refractivity contribution in [1.82, 2.24) is 0 Å². The highest BCUT2D eigenvalue weighted by Crippen LogP contribution is 2.30. The molecule has 0 amide bonds. The van der Waals surface area contributed by atoms with Crippen molar-refractivity contribution in [1.29, 1.82) is 0 Å². The Labute approximate surface area is 161 Å². The minimum Gasteiger partial charge on any atom is -0.390 e. The van der Waals surface area contributed by atoms with Gasteiger partial charge in [-0.1, -0.05) is 20.8 Å². The van der Waals surface area contributed by atoms with Crippen molar-refractivity contribution in [3.63, 3.8) is 0 Å². The van der Waals surface area contributed by atoms with Crippen LogP contribution in [0.25, 0.3) is 0 Å². The maximum Gasteiger partial charge on any atom is 0.161 e. The van der Waals surface area contributed by atoms with Gasteiger partial charge in [0.05, 0.1) is 36.6 Å². The molecule has 2 saturated heterocycles. The number of ether oxygens (including phenoxy) is 4. The van der Waals surface area contributed by atoms with Crippen molar-refractivity contribution in [2.45, 2.75) is 115 Å². The minimum atomic E-state index is -0.953. The Morgan fingerprint density at radius 2 is 1.56 bits per heavy atom. The van der Waals surface area contributed by atoms with Crippen LogP contribution in [0.3, 0.4) is 0 Å². The van der Waals surface area contributed by atoms with Gasteiger partial charge in [0.15, 0.2) is 12.6 Å². The van der Waals surface area contributed by atoms with Crippen LogP contribution >= 0.6 is 0 Å². The molecule has 8 heteroatoms. The molecular formula is C19H36O8. The van der Waals surface area contributed by atoms with E-state index in [1.807, 2.05) is 20.8 Å². The number of aliphatic hydroxyl groups is 4. The van der Waals surface area contributed by atoms with Crippen molar-refractivity contribution in [3.05, 3.63) is 0 Å². The zero-order valence-electron chi connectivity index (χ0n) is 16.9. The highest BCUT2D eigenvalue weighted by molar-refractivity contribution is 4.86. The smallest absolute Gasteiger partial charge is 0.161 e. The third-order valence-corrected chi connectivity index (χ3v) is 5.39. The molecule has 2 aliphatic heterocycles. The maximum absolute atomic E-state index is 10.6. The molecular weight excluding hydrogens is 356 g/mol. The lowest BCUT2D eigenvalue weighted by atomic mass is 9.98. The van der Waals surface area contributed by atoms with Gasteiger partial charge in [0.25, 0.3) is 0 Å². The third kappa shape index (κ3) is 5.83. The average molecular weight is 392 g/mol. The molecule has 2 rings (SSSR count). The van der Waals surface area contributed by atoms with Gasteiger partial charge < -0.3 is 39.4 Å². The van der Waals surface area contributed by atoms with Crippen LogP contribution in [0, 0.1) is 5.92 Å². The summed E-state index contributed by atoms with van der Waals surface area (Å²) in [5.74, 6) is 0.106. The first-order valence-electron chi connectivity index (χ1n) is 9.98. The van der Waals surface area contributed by atoms with Gasteiger partial charge in [0.2, 0.25) is 0 Å². The van der Waals surface area contributed by atoms with E-state index in [4.69, 9.17) is 18.9 Å². The Morgan fingerprint density at radius 3 is 2.07 bits per heavy atom. The lowest BCUT2D eigenvalue weighted by molar-refractivity contribution is -0.320. The summed E-state index contributed by atoms with van der Waals surface area (Å²) in [5.41, 5.74) is 0. The van der Waals surface area contributed by atoms with Gasteiger partial charge in [0, 0.05) is 12.8 Å². The molecule has 160 valence electrons. The summed E-state index contributed by atoms with van der Waals surface area (Å²) in [7, 11) is 0. The highest BCUT2D eigenvalue weighted by Gasteiger charge is 2.42. The maximum atomic E-state index is 10.6. The Hall–Kier alpha value is -0.320. The van der Waals surface area contributed by atoms with Gasteiger partial charge in [0.1, 0.15) is 12.2 Å². The standard InChI is InChI=1S/C19H36O8/c1-6-12(20)18(9(2)3)26-16-8-14(22)19(11(5)25-16)27-15-7-13(21)17(23)10(4)24-15/h9-23H,6-8H2,1-5H3. The minimum absolute atomic E-state index is 0.106. The van der Waals surface area contributed by atoms with Crippen LogP contribution in [-0.4, -0.2) is 81.8 Å². The Kier molecular flexibility index (Phi) is 8.45. The fourth-order valence-corrected chi connectivity index (χ4v) is 3.69. The molecule has 2 heterocycles. The lowest BCUT2D eigenvalue weighted by Gasteiger charge is -2.43. The van der Waals surface area contributed by atoms with Crippen LogP contribution in [0.4, 0.5) is 0 Å². The molecule has 4 N–H and O–H groups in total. The molecule has 0 aromatic carbocycles. The largest absolute Gasteiger partial charge is 0.390 e. The SMILES string of the molecule is CCC(O)C(OC1CC(O)C(OC2CC(O)C(O)C(C)O2)C(C)O1)C(C)C. The molecule has 0 aromatic heterocycles. The zero-order chi connectivity index (χ0) is 20.3. The molecule has 0 aliphatic carbocycles. The molecule has 0 radical (unpaired) electrons. The fraction of sp³-hybridized carbons (Fsp3) is 1.00. The summed E-state index contributed by atoms with van der Waals surface area (Å²) in [5, 5.41) is 40.4. The van der Waals surface area contributed by atoms with Gasteiger partial charge >= 0.3 is 0 Å². The average Bonchev–Trinajstić information content (AvgIpc) is 2.59. The second-order valence-corrected chi connectivity index (χ2v) is 8.06. The van der Waals surface area contributed by atoms with Gasteiger partial charge in [-0.25, -0.2) is 0 Å². The van der Waals surface area contributed by atoms with Gasteiger partial charge in [-0.3, -0.25) is 0 Å². The topological polar surface area (TPSA) is 118 Å². The van der Waals surface area contributed by atoms with Crippen LogP contribution in [-0.2, 0) is 18.9 Å². The fourth-order valence-electron chi connectivity index (χ4n) is 3.69. The van der Waals surface area contributed by atoms with Crippen molar-refractivity contribution in [2.75, 3.05) is 0 Å². The van der Waals surface area contributed by atoms with E-state index in [0.717, 1.165) is 0 Å². The van der Waals surface area contributed by atoms with Crippen LogP contribution < -0.4 is 0 Å². The molecule has 10 atom stereocenters. The second-order valence-electron chi connectivity index (χ2n) is 8.06. The predicted octanol–water partition coefficient (Wildman–Crippen LogP) is 0.536. The van der Waals surface area contributed by atoms with E-state index in [1.165, 1.54) is 0 Å². The molecule has 0 aromatic rings. The van der Waals surface area contributed by atoms with E-state index in [9.17, 15) is 20.4 Å². The highest BCUT2D eigenvalue weighted by atomic mass is 16.7. The second kappa shape index (κ2) is 9.93. The van der Waals surface area contributed by atoms with Gasteiger partial charge in [-0.2, -0.15) is 0 Å². The first-order valence-corrected chi connectivity index (χ1v) is 9.98. The summed E-state index contributed by atoms with van der Waals surface area (Å²) < 4.78 is 23.2.